The smallest absolute Gasteiger partial charge is 0.127 e. The van der Waals surface area contributed by atoms with E-state index in [1.165, 1.54) is 5.56 Å². The number of aryl methyl sites for hydroxylation is 1. The summed E-state index contributed by atoms with van der Waals surface area (Å²) in [5.41, 5.74) is 11.9. The molecule has 0 saturated carbocycles. The lowest BCUT2D eigenvalue weighted by Gasteiger charge is -2.52. The van der Waals surface area contributed by atoms with E-state index in [0.29, 0.717) is 75.1 Å². The Balaban J connectivity index is 0.663. The highest BCUT2D eigenvalue weighted by atomic mass is 16.5. The molecule has 1 fully saturated rings. The predicted molar refractivity (Wildman–Crippen MR) is 521 cm³/mol. The zero-order valence-electron chi connectivity index (χ0n) is 71.9. The molecule has 590 valence electrons. The van der Waals surface area contributed by atoms with Gasteiger partial charge in [-0.2, -0.15) is 0 Å². The maximum atomic E-state index is 7.99. The summed E-state index contributed by atoms with van der Waals surface area (Å²) in [7, 11) is 2.59. The van der Waals surface area contributed by atoms with Gasteiger partial charge in [0, 0.05) is 34.4 Å². The van der Waals surface area contributed by atoms with Crippen LogP contribution in [0.3, 0.4) is 0 Å². The van der Waals surface area contributed by atoms with Crippen molar-refractivity contribution in [2.45, 2.75) is 145 Å². The molecule has 7 heteroatoms. The first-order chi connectivity index (χ1) is 60.2. The van der Waals surface area contributed by atoms with Gasteiger partial charge >= 0.3 is 0 Å². The van der Waals surface area contributed by atoms with Crippen LogP contribution in [-0.2, 0) is 10.8 Å². The maximum absolute atomic E-state index is 7.99. The molecule has 31 aromatic carbocycles. The van der Waals surface area contributed by atoms with E-state index in [9.17, 15) is 0 Å². The summed E-state index contributed by atoms with van der Waals surface area (Å²) in [5, 5.41) is 87.7. The number of likely N-dealkylation sites (N-methyl/N-ethyl adjacent to an activating group) is 1. The van der Waals surface area contributed by atoms with E-state index in [4.69, 9.17) is 28.4 Å². The molecule has 0 N–H and O–H groups in total. The average molecular weight is 1590 g/mol. The molecule has 0 amide bonds. The summed E-state index contributed by atoms with van der Waals surface area (Å²) in [5.74, 6) is 7.40. The van der Waals surface area contributed by atoms with Crippen molar-refractivity contribution >= 4 is 315 Å². The Morgan fingerprint density at radius 1 is 0.260 bits per heavy atom. The zero-order chi connectivity index (χ0) is 80.5. The van der Waals surface area contributed by atoms with Gasteiger partial charge in [-0.05, 0) is 405 Å². The van der Waals surface area contributed by atoms with Gasteiger partial charge in [0.2, 0.25) is 0 Å². The van der Waals surface area contributed by atoms with Crippen molar-refractivity contribution in [2.24, 2.45) is 35.5 Å². The van der Waals surface area contributed by atoms with Crippen LogP contribution in [0.25, 0.3) is 315 Å². The van der Waals surface area contributed by atoms with Crippen molar-refractivity contribution < 1.29 is 28.4 Å². The van der Waals surface area contributed by atoms with E-state index < -0.39 is 10.8 Å². The second kappa shape index (κ2) is 19.0. The molecule has 7 nitrogen and oxygen atoms in total. The minimum Gasteiger partial charge on any atom is -0.493 e. The Labute approximate surface area is 704 Å². The zero-order valence-corrected chi connectivity index (χ0v) is 71.9. The van der Waals surface area contributed by atoms with Crippen LogP contribution in [-0.4, -0.2) is 58.1 Å². The maximum Gasteiger partial charge on any atom is 0.127 e. The molecule has 31 aromatic rings. The standard InChI is InChI=1S/C116H85NO6/c1-15-38(7)31-118-50-26-45(51(25-44(50)13)119-32-39(8)16-2)21-22-46-27-53(121-34-41(10)18-4)47(28-52(46)120-33-40(9)17-3)23-24-48-29-55(123-36-43(12)20-6)49(30-54(48)122-35-42(11)19-5)114-116-112-106-100-90-78-70-62-58-56-57-60-64(62)72(78)82-76-68(60)69-61(57)65-63-59(56)67-66(58)74-80(70)88-94-84(74)85-75(67)81-71(63)79-73(65)83-77(69)87-86(76)98(92(82)100)108(112)109-99(87)93(83)101-91(79)97-89(81)95(85)103-102(94)110(104(106)96(88)90)115(116,37-117(114)14)111(103)105(97)107(101)113(109)116/h21-30,38-43,114H,15-20,31-37H2,1-14H3/b22-21+,24-23+/t38-,39-,40-,41-,42-,43-,114?,115?,116?/m0/s1. The molecular weight excluding hydrogens is 1500 g/mol. The Morgan fingerprint density at radius 2 is 0.447 bits per heavy atom. The summed E-state index contributed by atoms with van der Waals surface area (Å²) in [6.45, 7) is 34.2. The van der Waals surface area contributed by atoms with Crippen molar-refractivity contribution in [1.82, 2.24) is 4.90 Å². The van der Waals surface area contributed by atoms with Gasteiger partial charge in [0.25, 0.3) is 0 Å². The molecule has 0 aromatic heterocycles. The first-order valence-corrected chi connectivity index (χ1v) is 47.3. The molecule has 4 aliphatic carbocycles. The van der Waals surface area contributed by atoms with Crippen LogP contribution in [0.2, 0.25) is 0 Å². The molecular formula is C116H85NO6. The number of hydrogen-bond acceptors (Lipinski definition) is 7. The fourth-order valence-corrected chi connectivity index (χ4v) is 31.4. The number of nitrogens with zero attached hydrogens (tertiary/aromatic N) is 1. The normalized spacial score (nSPS) is 20.3. The lowest BCUT2D eigenvalue weighted by molar-refractivity contribution is 0.227. The second-order valence-electron chi connectivity index (χ2n) is 42.4. The third kappa shape index (κ3) is 5.62. The fourth-order valence-electron chi connectivity index (χ4n) is 31.4. The summed E-state index contributed by atoms with van der Waals surface area (Å²) >= 11 is 0. The van der Waals surface area contributed by atoms with Crippen LogP contribution >= 0.6 is 0 Å². The number of hydrogen-bond donors (Lipinski definition) is 0. The molecule has 1 aliphatic heterocycles. The molecule has 2 spiro atoms. The molecule has 5 aliphatic rings. The van der Waals surface area contributed by atoms with Gasteiger partial charge in [-0.1, -0.05) is 146 Å². The van der Waals surface area contributed by atoms with Gasteiger partial charge in [0.05, 0.1) is 56.5 Å². The summed E-state index contributed by atoms with van der Waals surface area (Å²) in [6.07, 6.45) is 15.2. The Kier molecular flexibility index (Phi) is 9.93. The van der Waals surface area contributed by atoms with E-state index in [1.807, 2.05) is 0 Å². The van der Waals surface area contributed by atoms with Gasteiger partial charge in [0.1, 0.15) is 34.5 Å². The summed E-state index contributed by atoms with van der Waals surface area (Å²) in [6, 6.07) is 13.7. The van der Waals surface area contributed by atoms with Crippen molar-refractivity contribution in [1.29, 1.82) is 0 Å². The minimum absolute atomic E-state index is 0.179. The highest BCUT2D eigenvalue weighted by Gasteiger charge is 2.76. The molecule has 123 heavy (non-hydrogen) atoms. The van der Waals surface area contributed by atoms with Crippen LogP contribution in [0.5, 0.6) is 34.5 Å². The van der Waals surface area contributed by atoms with Gasteiger partial charge in [-0.15, -0.1) is 0 Å². The number of likely N-dealkylation sites (tertiary alicyclic amines) is 1. The molecule has 0 bridgehead atoms. The monoisotopic (exact) mass is 1590 g/mol. The van der Waals surface area contributed by atoms with Crippen LogP contribution in [0.4, 0.5) is 0 Å². The number of ether oxygens (including phenoxy) is 6. The molecule has 1 heterocycles. The molecule has 1 saturated heterocycles. The molecule has 1 unspecified atom stereocenters. The summed E-state index contributed by atoms with van der Waals surface area (Å²) < 4.78 is 43.4. The lowest BCUT2D eigenvalue weighted by atomic mass is 9.47. The highest BCUT2D eigenvalue weighted by Crippen LogP contribution is 2.87. The van der Waals surface area contributed by atoms with E-state index in [0.717, 1.165) is 107 Å². The molecule has 7 atom stereocenters. The first-order valence-electron chi connectivity index (χ1n) is 47.3. The van der Waals surface area contributed by atoms with Crippen LogP contribution in [0, 0.1) is 42.4 Å². The minimum atomic E-state index is -0.609. The predicted octanol–water partition coefficient (Wildman–Crippen LogP) is 31.2. The first kappa shape index (κ1) is 64.2. The van der Waals surface area contributed by atoms with Crippen molar-refractivity contribution in [3.8, 4) is 34.5 Å². The second-order valence-corrected chi connectivity index (χ2v) is 42.4. The Hall–Kier alpha value is -11.6. The summed E-state index contributed by atoms with van der Waals surface area (Å²) in [4.78, 5) is 2.96. The molecule has 36 rings (SSSR count). The SMILES string of the molecule is CC[C@H](C)COc1cc(/C=C/c2cc(OC[C@@H](C)CC)c(/C=C/c3cc(OC[C@@H](C)CC)c(C4N(C)CC56c7c8c9c%10c%11c%12c(c%13c%14c5c5c7c7c%15c8c8c9c9c%11c%11c%16c%12c%12c%13c%13c%14c%14c5c5c7c7c%15c%15c8c8c9c%11c9c%11c%16c%12c%12c%13c%13c%14c5c5c7c7c%15c8c9c8c%11c%12c%13c5c78)C%1046)cc3OC[C@@H](C)CC)cc2OC[C@@H](C)CC)c(OC[C@@H](C)CC)cc1C. The van der Waals surface area contributed by atoms with Crippen LogP contribution < -0.4 is 28.4 Å². The highest BCUT2D eigenvalue weighted by molar-refractivity contribution is 6.82. The van der Waals surface area contributed by atoms with Gasteiger partial charge in [0.15, 0.2) is 0 Å². The third-order valence-electron chi connectivity index (χ3n) is 37.0. The lowest BCUT2D eigenvalue weighted by Crippen LogP contribution is -2.52. The average Bonchev–Trinajstić information content (AvgIpc) is 1.38. The third-order valence-corrected chi connectivity index (χ3v) is 37.0. The van der Waals surface area contributed by atoms with Gasteiger partial charge < -0.3 is 28.4 Å². The van der Waals surface area contributed by atoms with Crippen molar-refractivity contribution in [3.63, 3.8) is 0 Å². The van der Waals surface area contributed by atoms with E-state index in [2.05, 4.69) is 163 Å². The van der Waals surface area contributed by atoms with Crippen LogP contribution in [0.1, 0.15) is 183 Å². The van der Waals surface area contributed by atoms with Gasteiger partial charge in [-0.3, -0.25) is 4.90 Å². The van der Waals surface area contributed by atoms with Crippen molar-refractivity contribution in [2.75, 3.05) is 53.2 Å². The van der Waals surface area contributed by atoms with E-state index >= 15 is 0 Å². The van der Waals surface area contributed by atoms with E-state index in [-0.39, 0.29) is 6.04 Å². The number of rotatable bonds is 29. The quantitative estimate of drug-likeness (QED) is 0.0342. The Morgan fingerprint density at radius 3 is 0.691 bits per heavy atom. The topological polar surface area (TPSA) is 58.6 Å². The van der Waals surface area contributed by atoms with Crippen LogP contribution in [0.15, 0.2) is 36.4 Å². The Bertz CT molecular complexity index is 9470. The van der Waals surface area contributed by atoms with Crippen molar-refractivity contribution in [3.05, 3.63) is 92.0 Å². The van der Waals surface area contributed by atoms with E-state index in [1.54, 1.807) is 313 Å². The molecule has 0 radical (unpaired) electrons. The number of benzene rings is 21. The van der Waals surface area contributed by atoms with Gasteiger partial charge in [-0.25, -0.2) is 0 Å². The largest absolute Gasteiger partial charge is 0.493 e. The fraction of sp³-hybridized carbons (Fsp3) is 0.310.